The van der Waals surface area contributed by atoms with Crippen molar-refractivity contribution in [3.05, 3.63) is 64.0 Å². The lowest BCUT2D eigenvalue weighted by Crippen LogP contribution is -2.25. The molecule has 1 amide bonds. The summed E-state index contributed by atoms with van der Waals surface area (Å²) >= 11 is 0. The average molecular weight is 456 g/mol. The topological polar surface area (TPSA) is 134 Å². The van der Waals surface area contributed by atoms with Crippen molar-refractivity contribution in [2.75, 3.05) is 5.73 Å². The maximum absolute atomic E-state index is 12.9. The van der Waals surface area contributed by atoms with E-state index in [4.69, 9.17) is 16.5 Å². The number of nitrogens with two attached hydrogens (primary N) is 2. The van der Waals surface area contributed by atoms with Crippen LogP contribution in [0.2, 0.25) is 0 Å². The fourth-order valence-corrected chi connectivity index (χ4v) is 3.90. The van der Waals surface area contributed by atoms with Crippen LogP contribution in [0.1, 0.15) is 60.4 Å². The Morgan fingerprint density at radius 2 is 2.00 bits per heavy atom. The summed E-state index contributed by atoms with van der Waals surface area (Å²) in [6, 6.07) is 7.87. The molecule has 9 heteroatoms. The van der Waals surface area contributed by atoms with Crippen LogP contribution in [-0.2, 0) is 6.42 Å². The van der Waals surface area contributed by atoms with Gasteiger partial charge in [0, 0.05) is 36.3 Å². The molecule has 0 radical (unpaired) electrons. The molecule has 3 heterocycles. The predicted molar refractivity (Wildman–Crippen MR) is 129 cm³/mol. The maximum atomic E-state index is 12.9. The number of benzene rings is 1. The molecule has 1 aromatic carbocycles. The second-order valence-electron chi connectivity index (χ2n) is 8.54. The van der Waals surface area contributed by atoms with Gasteiger partial charge >= 0.3 is 0 Å². The van der Waals surface area contributed by atoms with Crippen molar-refractivity contribution in [3.63, 3.8) is 0 Å². The molecule has 172 valence electrons. The molecule has 2 aliphatic carbocycles. The van der Waals surface area contributed by atoms with E-state index < -0.39 is 5.91 Å². The molecule has 9 nitrogen and oxygen atoms in total. The lowest BCUT2D eigenvalue weighted by Gasteiger charge is -2.12. The number of nitrogen functional groups attached to an aromatic ring is 1. The molecule has 4 aromatic rings. The lowest BCUT2D eigenvalue weighted by molar-refractivity contribution is 0.100. The molecule has 6 rings (SSSR count). The van der Waals surface area contributed by atoms with E-state index in [-0.39, 0.29) is 16.9 Å². The molecule has 4 N–H and O–H groups in total. The maximum Gasteiger partial charge on any atom is 0.262 e. The van der Waals surface area contributed by atoms with E-state index in [0.29, 0.717) is 23.0 Å². The first-order chi connectivity index (χ1) is 16.5. The molecule has 0 aliphatic heterocycles. The fourth-order valence-electron chi connectivity index (χ4n) is 3.90. The van der Waals surface area contributed by atoms with Crippen molar-refractivity contribution >= 4 is 28.3 Å². The van der Waals surface area contributed by atoms with Gasteiger partial charge in [-0.1, -0.05) is 24.8 Å². The summed E-state index contributed by atoms with van der Waals surface area (Å²) in [7, 11) is 0. The van der Waals surface area contributed by atoms with Crippen LogP contribution in [-0.4, -0.2) is 30.1 Å². The molecule has 0 bridgehead atoms. The van der Waals surface area contributed by atoms with Crippen LogP contribution in [0.4, 0.5) is 5.82 Å². The lowest BCUT2D eigenvalue weighted by atomic mass is 10.1. The quantitative estimate of drug-likeness (QED) is 0.456. The van der Waals surface area contributed by atoms with Crippen molar-refractivity contribution in [2.45, 2.75) is 45.1 Å². The molecule has 0 atom stereocenters. The molecule has 2 saturated carbocycles. The van der Waals surface area contributed by atoms with Crippen molar-refractivity contribution in [1.29, 1.82) is 0 Å². The predicted octanol–water partition coefficient (Wildman–Crippen LogP) is 2.47. The van der Waals surface area contributed by atoms with Gasteiger partial charge in [-0.15, -0.1) is 5.10 Å². The molecule has 3 aromatic heterocycles. The number of anilines is 1. The van der Waals surface area contributed by atoms with E-state index in [0.717, 1.165) is 36.2 Å². The van der Waals surface area contributed by atoms with Crippen LogP contribution in [0, 0.1) is 17.8 Å². The second kappa shape index (κ2) is 8.63. The summed E-state index contributed by atoms with van der Waals surface area (Å²) < 4.78 is 3.32. The number of carbonyl (C=O) groups excluding carboxylic acids is 1. The van der Waals surface area contributed by atoms with Crippen LogP contribution in [0.3, 0.4) is 0 Å². The molecular formula is C25H25N7O2. The minimum absolute atomic E-state index is 0.0973. The number of aryl methyl sites for hydroxylation is 1. The normalized spacial score (nSPS) is 14.9. The summed E-state index contributed by atoms with van der Waals surface area (Å²) in [5.41, 5.74) is 12.9. The summed E-state index contributed by atoms with van der Waals surface area (Å²) in [6.45, 7) is 2.06. The molecule has 0 spiro atoms. The van der Waals surface area contributed by atoms with Gasteiger partial charge in [0.15, 0.2) is 11.5 Å². The third-order valence-electron chi connectivity index (χ3n) is 5.89. The van der Waals surface area contributed by atoms with Gasteiger partial charge in [-0.05, 0) is 43.9 Å². The Morgan fingerprint density at radius 1 is 1.21 bits per heavy atom. The number of hydrogen-bond donors (Lipinski definition) is 2. The van der Waals surface area contributed by atoms with Gasteiger partial charge in [0.2, 0.25) is 0 Å². The van der Waals surface area contributed by atoms with E-state index in [2.05, 4.69) is 28.8 Å². The van der Waals surface area contributed by atoms with Gasteiger partial charge in [0.1, 0.15) is 11.4 Å². The number of hydrogen-bond acceptors (Lipinski definition) is 6. The zero-order chi connectivity index (χ0) is 23.8. The standard InChI is InChI=1S/C18H18N2O.C7H7N5O/c1-2-16-19-15-5-3-4-13(9-8-12-6-7-12)17(15)18(21)20(16)14-10-11-14;8-5-4(6(9)13)7-10-2-1-3-12(7)11-5/h3-5,12,14H,2,6-7,10-11H2,1H3;1-3H,(H2,8,11)(H2,9,13). The Kier molecular flexibility index (Phi) is 5.49. The second-order valence-corrected chi connectivity index (χ2v) is 8.54. The number of amides is 1. The largest absolute Gasteiger partial charge is 0.381 e. The minimum Gasteiger partial charge on any atom is -0.381 e. The van der Waals surface area contributed by atoms with E-state index in [9.17, 15) is 9.59 Å². The number of nitrogens with zero attached hydrogens (tertiary/aromatic N) is 5. The average Bonchev–Trinajstić information content (AvgIpc) is 3.75. The van der Waals surface area contributed by atoms with Gasteiger partial charge in [0.05, 0.1) is 10.9 Å². The zero-order valence-electron chi connectivity index (χ0n) is 18.9. The monoisotopic (exact) mass is 455 g/mol. The van der Waals surface area contributed by atoms with Crippen molar-refractivity contribution in [3.8, 4) is 11.8 Å². The third-order valence-corrected chi connectivity index (χ3v) is 5.89. The first kappa shape index (κ1) is 21.6. The minimum atomic E-state index is -0.619. The van der Waals surface area contributed by atoms with Gasteiger partial charge in [-0.2, -0.15) is 0 Å². The van der Waals surface area contributed by atoms with Crippen LogP contribution in [0.5, 0.6) is 0 Å². The molecule has 0 unspecified atom stereocenters. The number of rotatable bonds is 3. The summed E-state index contributed by atoms with van der Waals surface area (Å²) in [5, 5.41) is 4.57. The van der Waals surface area contributed by atoms with Crippen LogP contribution in [0.25, 0.3) is 16.6 Å². The van der Waals surface area contributed by atoms with Gasteiger partial charge in [0.25, 0.3) is 11.5 Å². The van der Waals surface area contributed by atoms with Gasteiger partial charge in [-0.25, -0.2) is 14.5 Å². The van der Waals surface area contributed by atoms with E-state index in [1.165, 1.54) is 17.4 Å². The molecular weight excluding hydrogens is 430 g/mol. The smallest absolute Gasteiger partial charge is 0.262 e. The Labute approximate surface area is 195 Å². The molecule has 2 aliphatic rings. The first-order valence-electron chi connectivity index (χ1n) is 11.4. The Hall–Kier alpha value is -4.19. The fraction of sp³-hybridized carbons (Fsp3) is 0.320. The summed E-state index contributed by atoms with van der Waals surface area (Å²) in [4.78, 5) is 32.5. The first-order valence-corrected chi connectivity index (χ1v) is 11.4. The number of carbonyl (C=O) groups is 1. The summed E-state index contributed by atoms with van der Waals surface area (Å²) in [6.07, 6.45) is 8.56. The van der Waals surface area contributed by atoms with Crippen LogP contribution >= 0.6 is 0 Å². The van der Waals surface area contributed by atoms with E-state index >= 15 is 0 Å². The molecule has 34 heavy (non-hydrogen) atoms. The Bertz CT molecular complexity index is 1530. The zero-order valence-corrected chi connectivity index (χ0v) is 18.9. The number of fused-ring (bicyclic) bond motifs is 2. The van der Waals surface area contributed by atoms with E-state index in [1.54, 1.807) is 18.5 Å². The van der Waals surface area contributed by atoms with Gasteiger partial charge in [-0.3, -0.25) is 14.2 Å². The highest BCUT2D eigenvalue weighted by Gasteiger charge is 2.28. The molecule has 2 fully saturated rings. The number of primary amides is 1. The van der Waals surface area contributed by atoms with Gasteiger partial charge < -0.3 is 11.5 Å². The summed E-state index contributed by atoms with van der Waals surface area (Å²) in [5.74, 6) is 7.39. The SMILES string of the molecule is CCc1nc2cccc(C#CC3CC3)c2c(=O)n1C1CC1.NC(=O)c1c(N)nn2cccnc12. The highest BCUT2D eigenvalue weighted by Crippen LogP contribution is 2.35. The highest BCUT2D eigenvalue weighted by atomic mass is 16.1. The van der Waals surface area contributed by atoms with Crippen molar-refractivity contribution < 1.29 is 4.79 Å². The van der Waals surface area contributed by atoms with Crippen LogP contribution in [0.15, 0.2) is 41.5 Å². The number of aromatic nitrogens is 5. The third kappa shape index (κ3) is 4.10. The van der Waals surface area contributed by atoms with E-state index in [1.807, 2.05) is 22.8 Å². The van der Waals surface area contributed by atoms with Crippen LogP contribution < -0.4 is 17.0 Å². The van der Waals surface area contributed by atoms with Crippen molar-refractivity contribution in [2.24, 2.45) is 11.7 Å². The Balaban J connectivity index is 0.000000159. The molecule has 0 saturated heterocycles. The van der Waals surface area contributed by atoms with Crippen molar-refractivity contribution in [1.82, 2.24) is 24.1 Å². The highest BCUT2D eigenvalue weighted by molar-refractivity contribution is 6.03. The Morgan fingerprint density at radius 3 is 2.68 bits per heavy atom.